The zero-order valence-corrected chi connectivity index (χ0v) is 10.4. The minimum atomic E-state index is 0.140. The molecule has 0 aliphatic carbocycles. The molecule has 3 heteroatoms. The molecule has 2 aromatic rings. The molecule has 0 bridgehead atoms. The van der Waals surface area contributed by atoms with Crippen LogP contribution in [0.1, 0.15) is 22.5 Å². The fourth-order valence-electron chi connectivity index (χ4n) is 2.49. The third-order valence-electron chi connectivity index (χ3n) is 3.54. The first-order valence-corrected chi connectivity index (χ1v) is 6.36. The highest BCUT2D eigenvalue weighted by atomic mass is 16.1. The Morgan fingerprint density at radius 2 is 2.22 bits per heavy atom. The molecule has 1 saturated heterocycles. The van der Waals surface area contributed by atoms with Gasteiger partial charge in [-0.15, -0.1) is 0 Å². The number of aromatic nitrogens is 1. The van der Waals surface area contributed by atoms with Crippen molar-refractivity contribution >= 4 is 16.7 Å². The van der Waals surface area contributed by atoms with Gasteiger partial charge in [0.05, 0.1) is 5.52 Å². The lowest BCUT2D eigenvalue weighted by molar-refractivity contribution is 0.0930. The molecule has 0 radical (unpaired) electrons. The predicted molar refractivity (Wildman–Crippen MR) is 71.8 cm³/mol. The molecule has 2 heterocycles. The number of nitrogens with zero attached hydrogens (tertiary/aromatic N) is 1. The van der Waals surface area contributed by atoms with Gasteiger partial charge in [-0.2, -0.15) is 0 Å². The minimum absolute atomic E-state index is 0.140. The van der Waals surface area contributed by atoms with Crippen LogP contribution in [-0.2, 0) is 0 Å². The minimum Gasteiger partial charge on any atom is -0.316 e. The second-order valence-corrected chi connectivity index (χ2v) is 4.91. The van der Waals surface area contributed by atoms with Crippen LogP contribution in [0.15, 0.2) is 30.3 Å². The number of pyridine rings is 1. The number of aryl methyl sites for hydroxylation is 1. The molecule has 1 aliphatic heterocycles. The summed E-state index contributed by atoms with van der Waals surface area (Å²) >= 11 is 0. The Kier molecular flexibility index (Phi) is 2.84. The summed E-state index contributed by atoms with van der Waals surface area (Å²) in [6.45, 7) is 3.73. The fraction of sp³-hybridized carbons (Fsp3) is 0.333. The summed E-state index contributed by atoms with van der Waals surface area (Å²) < 4.78 is 0. The van der Waals surface area contributed by atoms with E-state index < -0.39 is 0 Å². The number of ketones is 1. The Hall–Kier alpha value is -1.74. The van der Waals surface area contributed by atoms with Gasteiger partial charge in [0.1, 0.15) is 0 Å². The summed E-state index contributed by atoms with van der Waals surface area (Å²) in [5, 5.41) is 4.27. The van der Waals surface area contributed by atoms with Crippen molar-refractivity contribution in [3.63, 3.8) is 0 Å². The maximum atomic E-state index is 12.3. The summed E-state index contributed by atoms with van der Waals surface area (Å²) in [4.78, 5) is 16.7. The highest BCUT2D eigenvalue weighted by molar-refractivity contribution is 6.01. The van der Waals surface area contributed by atoms with E-state index in [4.69, 9.17) is 0 Å². The van der Waals surface area contributed by atoms with Crippen molar-refractivity contribution < 1.29 is 4.79 Å². The van der Waals surface area contributed by atoms with Crippen molar-refractivity contribution in [3.05, 3.63) is 41.6 Å². The molecule has 0 spiro atoms. The molecule has 1 atom stereocenters. The van der Waals surface area contributed by atoms with Crippen molar-refractivity contribution in [1.82, 2.24) is 10.3 Å². The van der Waals surface area contributed by atoms with E-state index in [1.54, 1.807) is 0 Å². The van der Waals surface area contributed by atoms with Crippen molar-refractivity contribution in [3.8, 4) is 0 Å². The molecule has 1 N–H and O–H groups in total. The number of hydrogen-bond acceptors (Lipinski definition) is 3. The van der Waals surface area contributed by atoms with Crippen molar-refractivity contribution in [2.45, 2.75) is 13.3 Å². The number of hydrogen-bond donors (Lipinski definition) is 1. The monoisotopic (exact) mass is 240 g/mol. The van der Waals surface area contributed by atoms with Gasteiger partial charge in [0.25, 0.3) is 0 Å². The lowest BCUT2D eigenvalue weighted by Crippen LogP contribution is -2.17. The maximum Gasteiger partial charge on any atom is 0.167 e. The average Bonchev–Trinajstić information content (AvgIpc) is 2.91. The molecule has 0 amide bonds. The maximum absolute atomic E-state index is 12.3. The summed E-state index contributed by atoms with van der Waals surface area (Å²) in [5.41, 5.74) is 2.76. The molecule has 92 valence electrons. The van der Waals surface area contributed by atoms with Gasteiger partial charge in [0.2, 0.25) is 0 Å². The van der Waals surface area contributed by atoms with Crippen LogP contribution in [0.4, 0.5) is 0 Å². The second kappa shape index (κ2) is 4.50. The van der Waals surface area contributed by atoms with Crippen LogP contribution in [0.2, 0.25) is 0 Å². The summed E-state index contributed by atoms with van der Waals surface area (Å²) in [7, 11) is 0. The van der Waals surface area contributed by atoms with Crippen molar-refractivity contribution in [1.29, 1.82) is 0 Å². The number of fused-ring (bicyclic) bond motifs is 1. The lowest BCUT2D eigenvalue weighted by Gasteiger charge is -2.08. The normalized spacial score (nSPS) is 19.3. The average molecular weight is 240 g/mol. The number of carbonyl (C=O) groups is 1. The summed E-state index contributed by atoms with van der Waals surface area (Å²) in [6, 6.07) is 9.81. The topological polar surface area (TPSA) is 42.0 Å². The van der Waals surface area contributed by atoms with E-state index in [1.165, 1.54) is 0 Å². The van der Waals surface area contributed by atoms with Gasteiger partial charge < -0.3 is 5.32 Å². The van der Waals surface area contributed by atoms with E-state index in [9.17, 15) is 4.79 Å². The van der Waals surface area contributed by atoms with Crippen LogP contribution >= 0.6 is 0 Å². The standard InChI is InChI=1S/C15H16N2O/c1-10-2-3-11-8-12(4-5-14(11)17-10)15(18)13-6-7-16-9-13/h2-5,8,13,16H,6-7,9H2,1H3. The molecule has 18 heavy (non-hydrogen) atoms. The van der Waals surface area contributed by atoms with Crippen LogP contribution in [0, 0.1) is 12.8 Å². The number of Topliss-reactive ketones (excluding diaryl/α,β-unsaturated/α-hetero) is 1. The third kappa shape index (κ3) is 2.02. The van der Waals surface area contributed by atoms with Gasteiger partial charge >= 0.3 is 0 Å². The SMILES string of the molecule is Cc1ccc2cc(C(=O)C3CCNC3)ccc2n1. The van der Waals surface area contributed by atoms with E-state index in [1.807, 2.05) is 37.3 Å². The van der Waals surface area contributed by atoms with Crippen LogP contribution < -0.4 is 5.32 Å². The zero-order chi connectivity index (χ0) is 12.5. The molecule has 1 unspecified atom stereocenters. The van der Waals surface area contributed by atoms with Gasteiger partial charge in [0.15, 0.2) is 5.78 Å². The van der Waals surface area contributed by atoms with Crippen molar-refractivity contribution in [2.75, 3.05) is 13.1 Å². The summed E-state index contributed by atoms with van der Waals surface area (Å²) in [5.74, 6) is 0.392. The third-order valence-corrected chi connectivity index (χ3v) is 3.54. The van der Waals surface area contributed by atoms with E-state index in [0.717, 1.165) is 41.7 Å². The Morgan fingerprint density at radius 1 is 1.33 bits per heavy atom. The molecule has 3 rings (SSSR count). The second-order valence-electron chi connectivity index (χ2n) is 4.91. The molecular formula is C15H16N2O. The highest BCUT2D eigenvalue weighted by Gasteiger charge is 2.23. The van der Waals surface area contributed by atoms with Crippen molar-refractivity contribution in [2.24, 2.45) is 5.92 Å². The lowest BCUT2D eigenvalue weighted by atomic mass is 9.96. The van der Waals surface area contributed by atoms with Gasteiger partial charge in [-0.25, -0.2) is 0 Å². The molecule has 1 aromatic carbocycles. The number of carbonyl (C=O) groups excluding carboxylic acids is 1. The zero-order valence-electron chi connectivity index (χ0n) is 10.4. The highest BCUT2D eigenvalue weighted by Crippen LogP contribution is 2.19. The predicted octanol–water partition coefficient (Wildman–Crippen LogP) is 2.34. The largest absolute Gasteiger partial charge is 0.316 e. The molecule has 0 saturated carbocycles. The Bertz CT molecular complexity index is 600. The van der Waals surface area contributed by atoms with E-state index in [2.05, 4.69) is 10.3 Å². The number of nitrogens with one attached hydrogen (secondary N) is 1. The molecule has 1 fully saturated rings. The quantitative estimate of drug-likeness (QED) is 0.819. The Balaban J connectivity index is 1.97. The first-order chi connectivity index (χ1) is 8.74. The first-order valence-electron chi connectivity index (χ1n) is 6.36. The Morgan fingerprint density at radius 3 is 3.00 bits per heavy atom. The van der Waals surface area contributed by atoms with Crippen LogP contribution in [0.3, 0.4) is 0 Å². The Labute approximate surface area is 106 Å². The molecule has 1 aromatic heterocycles. The van der Waals surface area contributed by atoms with Gasteiger partial charge in [0, 0.05) is 29.1 Å². The van der Waals surface area contributed by atoms with Crippen LogP contribution in [0.5, 0.6) is 0 Å². The van der Waals surface area contributed by atoms with Gasteiger partial charge in [-0.05, 0) is 44.2 Å². The fourth-order valence-corrected chi connectivity index (χ4v) is 2.49. The first kappa shape index (κ1) is 11.4. The smallest absolute Gasteiger partial charge is 0.167 e. The van der Waals surface area contributed by atoms with E-state index in [0.29, 0.717) is 0 Å². The molecule has 3 nitrogen and oxygen atoms in total. The van der Waals surface area contributed by atoms with E-state index >= 15 is 0 Å². The summed E-state index contributed by atoms with van der Waals surface area (Å²) in [6.07, 6.45) is 0.947. The molecular weight excluding hydrogens is 224 g/mol. The molecule has 1 aliphatic rings. The van der Waals surface area contributed by atoms with E-state index in [-0.39, 0.29) is 11.7 Å². The van der Waals surface area contributed by atoms with Gasteiger partial charge in [-0.3, -0.25) is 9.78 Å². The van der Waals surface area contributed by atoms with Crippen LogP contribution in [-0.4, -0.2) is 23.9 Å². The number of benzene rings is 1. The van der Waals surface area contributed by atoms with Crippen LogP contribution in [0.25, 0.3) is 10.9 Å². The number of rotatable bonds is 2. The van der Waals surface area contributed by atoms with Gasteiger partial charge in [-0.1, -0.05) is 6.07 Å².